The SMILES string of the molecule is CCOC1CC(NC(=NC)NC2CCN(Cc3ccccn3)CC2)C12CCCC2.I. The summed E-state index contributed by atoms with van der Waals surface area (Å²) in [6, 6.07) is 7.15. The molecule has 2 unspecified atom stereocenters. The van der Waals surface area contributed by atoms with Gasteiger partial charge in [0.05, 0.1) is 11.8 Å². The molecule has 0 radical (unpaired) electrons. The Balaban J connectivity index is 0.00000256. The zero-order valence-corrected chi connectivity index (χ0v) is 20.8. The molecule has 2 N–H and O–H groups in total. The number of aliphatic imine (C=N–C) groups is 1. The van der Waals surface area contributed by atoms with Crippen LogP contribution in [0.4, 0.5) is 0 Å². The van der Waals surface area contributed by atoms with Gasteiger partial charge in [-0.1, -0.05) is 18.9 Å². The summed E-state index contributed by atoms with van der Waals surface area (Å²) in [5.74, 6) is 0.972. The molecule has 1 aromatic heterocycles. The summed E-state index contributed by atoms with van der Waals surface area (Å²) in [6.07, 6.45) is 11.0. The van der Waals surface area contributed by atoms with Crippen LogP contribution in [0.1, 0.15) is 57.6 Å². The molecule has 0 amide bonds. The predicted molar refractivity (Wildman–Crippen MR) is 132 cm³/mol. The first-order valence-corrected chi connectivity index (χ1v) is 11.5. The average Bonchev–Trinajstić information content (AvgIpc) is 3.27. The molecule has 1 aliphatic heterocycles. The zero-order valence-electron chi connectivity index (χ0n) is 18.5. The quantitative estimate of drug-likeness (QED) is 0.337. The minimum atomic E-state index is 0. The zero-order chi connectivity index (χ0) is 20.1. The summed E-state index contributed by atoms with van der Waals surface area (Å²) in [4.78, 5) is 11.5. The molecular weight excluding hydrogens is 489 g/mol. The summed E-state index contributed by atoms with van der Waals surface area (Å²) in [6.45, 7) is 6.09. The maximum Gasteiger partial charge on any atom is 0.191 e. The van der Waals surface area contributed by atoms with Crippen LogP contribution in [0.15, 0.2) is 29.4 Å². The Morgan fingerprint density at radius 1 is 1.23 bits per heavy atom. The van der Waals surface area contributed by atoms with Gasteiger partial charge in [-0.25, -0.2) is 0 Å². The fourth-order valence-corrected chi connectivity index (χ4v) is 5.57. The van der Waals surface area contributed by atoms with Gasteiger partial charge in [0.1, 0.15) is 0 Å². The third-order valence-corrected chi connectivity index (χ3v) is 7.26. The second kappa shape index (κ2) is 11.1. The Kier molecular flexibility index (Phi) is 8.77. The van der Waals surface area contributed by atoms with Crippen molar-refractivity contribution in [2.75, 3.05) is 26.7 Å². The number of nitrogens with one attached hydrogen (secondary N) is 2. The molecule has 2 atom stereocenters. The van der Waals surface area contributed by atoms with Crippen molar-refractivity contribution in [1.82, 2.24) is 20.5 Å². The molecule has 2 saturated carbocycles. The Morgan fingerprint density at radius 2 is 2.00 bits per heavy atom. The second-order valence-electron chi connectivity index (χ2n) is 8.90. The second-order valence-corrected chi connectivity index (χ2v) is 8.90. The number of halogens is 1. The minimum absolute atomic E-state index is 0. The van der Waals surface area contributed by atoms with Crippen molar-refractivity contribution in [3.05, 3.63) is 30.1 Å². The van der Waals surface area contributed by atoms with Gasteiger partial charge in [0, 0.05) is 57.0 Å². The Labute approximate surface area is 198 Å². The number of nitrogens with zero attached hydrogens (tertiary/aromatic N) is 3. The normalized spacial score (nSPS) is 26.8. The number of rotatable bonds is 6. The van der Waals surface area contributed by atoms with Crippen molar-refractivity contribution < 1.29 is 4.74 Å². The van der Waals surface area contributed by atoms with E-state index in [9.17, 15) is 0 Å². The van der Waals surface area contributed by atoms with E-state index in [0.717, 1.165) is 57.2 Å². The molecular formula is C23H38IN5O. The number of pyridine rings is 1. The lowest BCUT2D eigenvalue weighted by atomic mass is 9.60. The van der Waals surface area contributed by atoms with Gasteiger partial charge in [-0.15, -0.1) is 24.0 Å². The number of guanidine groups is 1. The summed E-state index contributed by atoms with van der Waals surface area (Å²) in [5, 5.41) is 7.46. The van der Waals surface area contributed by atoms with E-state index in [1.807, 2.05) is 19.3 Å². The van der Waals surface area contributed by atoms with Gasteiger partial charge in [0.25, 0.3) is 0 Å². The average molecular weight is 527 g/mol. The van der Waals surface area contributed by atoms with E-state index in [4.69, 9.17) is 4.74 Å². The molecule has 0 aromatic carbocycles. The van der Waals surface area contributed by atoms with Crippen molar-refractivity contribution in [1.29, 1.82) is 0 Å². The molecule has 0 bridgehead atoms. The maximum absolute atomic E-state index is 6.06. The van der Waals surface area contributed by atoms with Crippen LogP contribution >= 0.6 is 24.0 Å². The Morgan fingerprint density at radius 3 is 2.63 bits per heavy atom. The lowest BCUT2D eigenvalue weighted by Gasteiger charge is -2.54. The van der Waals surface area contributed by atoms with Crippen molar-refractivity contribution in [2.45, 2.75) is 76.6 Å². The predicted octanol–water partition coefficient (Wildman–Crippen LogP) is 3.57. The highest BCUT2D eigenvalue weighted by Gasteiger charge is 2.57. The number of hydrogen-bond acceptors (Lipinski definition) is 4. The van der Waals surface area contributed by atoms with Crippen LogP contribution in [0.3, 0.4) is 0 Å². The monoisotopic (exact) mass is 527 g/mol. The fraction of sp³-hybridized carbons (Fsp3) is 0.739. The van der Waals surface area contributed by atoms with Crippen LogP contribution in [-0.4, -0.2) is 60.8 Å². The third kappa shape index (κ3) is 5.27. The van der Waals surface area contributed by atoms with E-state index in [-0.39, 0.29) is 24.0 Å². The summed E-state index contributed by atoms with van der Waals surface area (Å²) in [5.41, 5.74) is 1.49. The molecule has 7 heteroatoms. The smallest absolute Gasteiger partial charge is 0.191 e. The summed E-state index contributed by atoms with van der Waals surface area (Å²) >= 11 is 0. The minimum Gasteiger partial charge on any atom is -0.378 e. The van der Waals surface area contributed by atoms with E-state index in [1.54, 1.807) is 0 Å². The number of hydrogen-bond donors (Lipinski definition) is 2. The molecule has 2 heterocycles. The van der Waals surface area contributed by atoms with Crippen LogP contribution in [0.25, 0.3) is 0 Å². The van der Waals surface area contributed by atoms with Crippen LogP contribution in [0.5, 0.6) is 0 Å². The number of ether oxygens (including phenoxy) is 1. The lowest BCUT2D eigenvalue weighted by molar-refractivity contribution is -0.125. The summed E-state index contributed by atoms with van der Waals surface area (Å²) in [7, 11) is 1.89. The van der Waals surface area contributed by atoms with Crippen molar-refractivity contribution >= 4 is 29.9 Å². The van der Waals surface area contributed by atoms with Gasteiger partial charge in [-0.3, -0.25) is 14.9 Å². The molecule has 168 valence electrons. The highest BCUT2D eigenvalue weighted by Crippen LogP contribution is 2.54. The van der Waals surface area contributed by atoms with Crippen LogP contribution in [0, 0.1) is 5.41 Å². The van der Waals surface area contributed by atoms with Gasteiger partial charge in [0.15, 0.2) is 5.96 Å². The van der Waals surface area contributed by atoms with Crippen LogP contribution in [-0.2, 0) is 11.3 Å². The first-order valence-electron chi connectivity index (χ1n) is 11.5. The first kappa shape index (κ1) is 23.7. The molecule has 2 aliphatic carbocycles. The highest BCUT2D eigenvalue weighted by molar-refractivity contribution is 14.0. The lowest BCUT2D eigenvalue weighted by Crippen LogP contribution is -2.65. The van der Waals surface area contributed by atoms with Gasteiger partial charge in [-0.2, -0.15) is 0 Å². The molecule has 1 aromatic rings. The van der Waals surface area contributed by atoms with E-state index >= 15 is 0 Å². The van der Waals surface area contributed by atoms with Crippen molar-refractivity contribution in [3.8, 4) is 0 Å². The van der Waals surface area contributed by atoms with Crippen LogP contribution < -0.4 is 10.6 Å². The first-order chi connectivity index (χ1) is 14.2. The van der Waals surface area contributed by atoms with Crippen molar-refractivity contribution in [2.24, 2.45) is 10.4 Å². The van der Waals surface area contributed by atoms with Crippen molar-refractivity contribution in [3.63, 3.8) is 0 Å². The largest absolute Gasteiger partial charge is 0.378 e. The molecule has 6 nitrogen and oxygen atoms in total. The highest BCUT2D eigenvalue weighted by atomic mass is 127. The van der Waals surface area contributed by atoms with Gasteiger partial charge >= 0.3 is 0 Å². The van der Waals surface area contributed by atoms with Gasteiger partial charge in [-0.05, 0) is 51.2 Å². The molecule has 4 rings (SSSR count). The van der Waals surface area contributed by atoms with Crippen LogP contribution in [0.2, 0.25) is 0 Å². The summed E-state index contributed by atoms with van der Waals surface area (Å²) < 4.78 is 6.06. The Hall–Kier alpha value is -0.930. The van der Waals surface area contributed by atoms with Gasteiger partial charge in [0.2, 0.25) is 0 Å². The Bertz CT molecular complexity index is 671. The number of piperidine rings is 1. The molecule has 30 heavy (non-hydrogen) atoms. The topological polar surface area (TPSA) is 61.8 Å². The molecule has 1 spiro atoms. The molecule has 3 aliphatic rings. The van der Waals surface area contributed by atoms with Gasteiger partial charge < -0.3 is 15.4 Å². The van der Waals surface area contributed by atoms with E-state index in [1.165, 1.54) is 25.7 Å². The van der Waals surface area contributed by atoms with E-state index < -0.39 is 0 Å². The fourth-order valence-electron chi connectivity index (χ4n) is 5.57. The van der Waals surface area contributed by atoms with E-state index in [2.05, 4.69) is 44.6 Å². The number of aromatic nitrogens is 1. The van der Waals surface area contributed by atoms with E-state index in [0.29, 0.717) is 23.6 Å². The number of likely N-dealkylation sites (tertiary alicyclic amines) is 1. The molecule has 1 saturated heterocycles. The third-order valence-electron chi connectivity index (χ3n) is 7.26. The molecule has 3 fully saturated rings. The standard InChI is InChI=1S/C23H37N5O.HI/c1-3-29-21-16-20(23(21)11-5-6-12-23)27-22(24-2)26-18-9-14-28(15-10-18)17-19-8-4-7-13-25-19;/h4,7-8,13,18,20-21H,3,5-6,9-12,14-17H2,1-2H3,(H2,24,26,27);1H. The maximum atomic E-state index is 6.06.